The van der Waals surface area contributed by atoms with E-state index in [1.807, 2.05) is 20.8 Å². The summed E-state index contributed by atoms with van der Waals surface area (Å²) in [5.74, 6) is 0.183. The summed E-state index contributed by atoms with van der Waals surface area (Å²) in [6, 6.07) is -0.504. The molecule has 1 atom stereocenters. The number of alkyl halides is 3. The number of nitrogens with zero attached hydrogens (tertiary/aromatic N) is 1. The Morgan fingerprint density at radius 1 is 1.38 bits per heavy atom. The number of halogens is 3. The molecular weight excluding hydrogens is 219 g/mol. The highest BCUT2D eigenvalue weighted by Crippen LogP contribution is 2.30. The van der Waals surface area contributed by atoms with Gasteiger partial charge in [0, 0.05) is 0 Å². The van der Waals surface area contributed by atoms with Gasteiger partial charge in [0.25, 0.3) is 0 Å². The summed E-state index contributed by atoms with van der Waals surface area (Å²) in [4.78, 5) is 5.88. The van der Waals surface area contributed by atoms with Crippen LogP contribution in [0.4, 0.5) is 13.2 Å². The predicted molar refractivity (Wildman–Crippen MR) is 54.6 cm³/mol. The summed E-state index contributed by atoms with van der Waals surface area (Å²) < 4.78 is 36.9. The third-order valence-corrected chi connectivity index (χ3v) is 2.08. The lowest BCUT2D eigenvalue weighted by molar-refractivity contribution is -0.140. The maximum atomic E-state index is 12.3. The van der Waals surface area contributed by atoms with Crippen LogP contribution < -0.4 is 5.73 Å². The molecule has 1 heterocycles. The van der Waals surface area contributed by atoms with E-state index < -0.39 is 17.9 Å². The predicted octanol–water partition coefficient (Wildman–Crippen LogP) is 2.86. The van der Waals surface area contributed by atoms with Gasteiger partial charge in [-0.2, -0.15) is 13.2 Å². The van der Waals surface area contributed by atoms with Crippen LogP contribution in [0.15, 0.2) is 6.20 Å². The molecule has 1 rings (SSSR count). The highest BCUT2D eigenvalue weighted by molar-refractivity contribution is 5.07. The van der Waals surface area contributed by atoms with E-state index in [0.29, 0.717) is 6.42 Å². The fourth-order valence-electron chi connectivity index (χ4n) is 1.43. The van der Waals surface area contributed by atoms with Gasteiger partial charge in [0.05, 0.1) is 12.2 Å². The topological polar surface area (TPSA) is 54.7 Å². The van der Waals surface area contributed by atoms with Gasteiger partial charge in [0.15, 0.2) is 0 Å². The lowest BCUT2D eigenvalue weighted by Gasteiger charge is -2.21. The SMILES string of the molecule is CC(C)(C)CC(N)c1ncc(C(F)(F)F)[nH]1. The van der Waals surface area contributed by atoms with Crippen molar-refractivity contribution in [3.8, 4) is 0 Å². The van der Waals surface area contributed by atoms with Gasteiger partial charge < -0.3 is 10.7 Å². The lowest BCUT2D eigenvalue weighted by Crippen LogP contribution is -2.20. The van der Waals surface area contributed by atoms with Crippen LogP contribution in [0.3, 0.4) is 0 Å². The Labute approximate surface area is 92.3 Å². The molecule has 3 N–H and O–H groups in total. The van der Waals surface area contributed by atoms with E-state index in [9.17, 15) is 13.2 Å². The number of nitrogens with two attached hydrogens (primary N) is 1. The maximum absolute atomic E-state index is 12.3. The normalized spacial score (nSPS) is 15.2. The number of H-pyrrole nitrogens is 1. The van der Waals surface area contributed by atoms with E-state index >= 15 is 0 Å². The Hall–Kier alpha value is -1.04. The number of hydrogen-bond donors (Lipinski definition) is 2. The van der Waals surface area contributed by atoms with E-state index in [1.165, 1.54) is 0 Å². The van der Waals surface area contributed by atoms with Gasteiger partial charge in [0.1, 0.15) is 11.5 Å². The molecule has 0 aliphatic carbocycles. The molecule has 16 heavy (non-hydrogen) atoms. The van der Waals surface area contributed by atoms with Crippen molar-refractivity contribution in [2.45, 2.75) is 39.4 Å². The smallest absolute Gasteiger partial charge is 0.337 e. The first-order valence-corrected chi connectivity index (χ1v) is 4.97. The van der Waals surface area contributed by atoms with Crippen molar-refractivity contribution in [3.05, 3.63) is 17.7 Å². The highest BCUT2D eigenvalue weighted by atomic mass is 19.4. The summed E-state index contributed by atoms with van der Waals surface area (Å²) in [5.41, 5.74) is 4.87. The Morgan fingerprint density at radius 3 is 2.31 bits per heavy atom. The largest absolute Gasteiger partial charge is 0.432 e. The Bertz CT molecular complexity index is 349. The number of rotatable bonds is 2. The molecule has 3 nitrogen and oxygen atoms in total. The van der Waals surface area contributed by atoms with Gasteiger partial charge in [-0.05, 0) is 11.8 Å². The number of nitrogens with one attached hydrogen (secondary N) is 1. The van der Waals surface area contributed by atoms with Crippen molar-refractivity contribution >= 4 is 0 Å². The lowest BCUT2D eigenvalue weighted by atomic mass is 9.88. The first-order valence-electron chi connectivity index (χ1n) is 4.97. The van der Waals surface area contributed by atoms with Gasteiger partial charge in [-0.15, -0.1) is 0 Å². The molecule has 1 aromatic rings. The number of imidazole rings is 1. The van der Waals surface area contributed by atoms with Crippen molar-refractivity contribution in [1.29, 1.82) is 0 Å². The second-order valence-corrected chi connectivity index (χ2v) is 5.05. The fraction of sp³-hybridized carbons (Fsp3) is 0.700. The van der Waals surface area contributed by atoms with Crippen molar-refractivity contribution in [2.75, 3.05) is 0 Å². The van der Waals surface area contributed by atoms with Crippen LogP contribution in [0.2, 0.25) is 0 Å². The zero-order valence-electron chi connectivity index (χ0n) is 9.52. The van der Waals surface area contributed by atoms with Gasteiger partial charge in [-0.1, -0.05) is 20.8 Å². The van der Waals surface area contributed by atoms with Crippen molar-refractivity contribution in [1.82, 2.24) is 9.97 Å². The quantitative estimate of drug-likeness (QED) is 0.828. The van der Waals surface area contributed by atoms with Crippen LogP contribution >= 0.6 is 0 Å². The third-order valence-electron chi connectivity index (χ3n) is 2.08. The van der Waals surface area contributed by atoms with Crippen molar-refractivity contribution in [2.24, 2.45) is 11.1 Å². The highest BCUT2D eigenvalue weighted by Gasteiger charge is 2.33. The minimum absolute atomic E-state index is 0.0510. The fourth-order valence-corrected chi connectivity index (χ4v) is 1.43. The second kappa shape index (κ2) is 4.08. The van der Waals surface area contributed by atoms with Gasteiger partial charge in [-0.3, -0.25) is 0 Å². The molecule has 0 radical (unpaired) electrons. The maximum Gasteiger partial charge on any atom is 0.432 e. The molecule has 0 saturated carbocycles. The van der Waals surface area contributed by atoms with E-state index in [1.54, 1.807) is 0 Å². The summed E-state index contributed by atoms with van der Waals surface area (Å²) in [6.45, 7) is 5.92. The minimum atomic E-state index is -4.40. The number of hydrogen-bond acceptors (Lipinski definition) is 2. The first-order chi connectivity index (χ1) is 7.09. The molecule has 0 spiro atoms. The molecule has 0 aromatic carbocycles. The van der Waals surface area contributed by atoms with Crippen LogP contribution in [-0.4, -0.2) is 9.97 Å². The molecule has 0 fully saturated rings. The molecule has 6 heteroatoms. The van der Waals surface area contributed by atoms with Crippen LogP contribution in [-0.2, 0) is 6.18 Å². The van der Waals surface area contributed by atoms with Crippen molar-refractivity contribution < 1.29 is 13.2 Å². The summed E-state index contributed by atoms with van der Waals surface area (Å²) in [7, 11) is 0. The second-order valence-electron chi connectivity index (χ2n) is 5.05. The molecule has 1 unspecified atom stereocenters. The minimum Gasteiger partial charge on any atom is -0.337 e. The van der Waals surface area contributed by atoms with Crippen LogP contribution in [0.5, 0.6) is 0 Å². The molecule has 0 bridgehead atoms. The van der Waals surface area contributed by atoms with E-state index in [2.05, 4.69) is 9.97 Å². The zero-order valence-corrected chi connectivity index (χ0v) is 9.52. The molecule has 92 valence electrons. The van der Waals surface area contributed by atoms with Gasteiger partial charge in [-0.25, -0.2) is 4.98 Å². The van der Waals surface area contributed by atoms with E-state index in [-0.39, 0.29) is 11.2 Å². The average molecular weight is 235 g/mol. The molecule has 1 aromatic heterocycles. The summed E-state index contributed by atoms with van der Waals surface area (Å²) in [6.07, 6.45) is -3.05. The molecule has 0 aliphatic rings. The van der Waals surface area contributed by atoms with E-state index in [0.717, 1.165) is 6.20 Å². The van der Waals surface area contributed by atoms with Crippen LogP contribution in [0.25, 0.3) is 0 Å². The van der Waals surface area contributed by atoms with Crippen LogP contribution in [0, 0.1) is 5.41 Å². The summed E-state index contributed by atoms with van der Waals surface area (Å²) in [5, 5.41) is 0. The standard InChI is InChI=1S/C10H16F3N3/c1-9(2,3)4-6(14)8-15-5-7(16-8)10(11,12)13/h5-6H,4,14H2,1-3H3,(H,15,16). The van der Waals surface area contributed by atoms with Crippen molar-refractivity contribution in [3.63, 3.8) is 0 Å². The monoisotopic (exact) mass is 235 g/mol. The first kappa shape index (κ1) is 13.0. The number of aromatic nitrogens is 2. The Balaban J connectivity index is 2.79. The average Bonchev–Trinajstić information content (AvgIpc) is 2.46. The van der Waals surface area contributed by atoms with Gasteiger partial charge in [0.2, 0.25) is 0 Å². The zero-order chi connectivity index (χ0) is 12.6. The molecule has 0 aliphatic heterocycles. The molecular formula is C10H16F3N3. The van der Waals surface area contributed by atoms with E-state index in [4.69, 9.17) is 5.73 Å². The Morgan fingerprint density at radius 2 is 1.94 bits per heavy atom. The Kier molecular flexibility index (Phi) is 3.33. The molecule has 0 saturated heterocycles. The molecule has 0 amide bonds. The van der Waals surface area contributed by atoms with Crippen LogP contribution in [0.1, 0.15) is 44.8 Å². The number of aromatic amines is 1. The van der Waals surface area contributed by atoms with Gasteiger partial charge >= 0.3 is 6.18 Å². The summed E-state index contributed by atoms with van der Waals surface area (Å²) >= 11 is 0. The third kappa shape index (κ3) is 3.52.